The molecule has 0 unspecified atom stereocenters. The summed E-state index contributed by atoms with van der Waals surface area (Å²) in [6.07, 6.45) is 0. The number of rotatable bonds is 2. The molecule has 1 heterocycles. The molecule has 0 atom stereocenters. The van der Waals surface area contributed by atoms with E-state index in [1.165, 1.54) is 12.1 Å². The highest BCUT2D eigenvalue weighted by atomic mass is 32.1. The smallest absolute Gasteiger partial charge is 0.405 e. The Morgan fingerprint density at radius 3 is 2.70 bits per heavy atom. The van der Waals surface area contributed by atoms with Gasteiger partial charge in [0.2, 0.25) is 0 Å². The first-order chi connectivity index (χ1) is 4.74. The van der Waals surface area contributed by atoms with E-state index in [1.54, 1.807) is 0 Å². The highest BCUT2D eigenvalue weighted by molar-refractivity contribution is 7.79. The minimum absolute atomic E-state index is 0.232. The van der Waals surface area contributed by atoms with Crippen LogP contribution in [0.2, 0.25) is 0 Å². The third-order valence-electron chi connectivity index (χ3n) is 0.983. The van der Waals surface area contributed by atoms with Crippen LogP contribution in [0.5, 0.6) is 0 Å². The van der Waals surface area contributed by atoms with E-state index in [0.29, 0.717) is 11.5 Å². The predicted molar refractivity (Wildman–Crippen MR) is 38.1 cm³/mol. The molecule has 10 heavy (non-hydrogen) atoms. The molecule has 0 fully saturated rings. The lowest BCUT2D eigenvalue weighted by Crippen LogP contribution is -1.82. The molecule has 0 saturated carbocycles. The van der Waals surface area contributed by atoms with Gasteiger partial charge in [0.05, 0.1) is 6.07 Å². The Morgan fingerprint density at radius 1 is 1.70 bits per heavy atom. The normalized spacial score (nSPS) is 9.70. The molecule has 5 heteroatoms. The van der Waals surface area contributed by atoms with Crippen LogP contribution < -0.4 is 0 Å². The fourth-order valence-corrected chi connectivity index (χ4v) is 0.720. The number of nitro groups is 1. The minimum atomic E-state index is -0.576. The summed E-state index contributed by atoms with van der Waals surface area (Å²) in [4.78, 5) is 9.44. The molecule has 1 rings (SSSR count). The largest absolute Gasteiger partial charge is 0.433 e. The van der Waals surface area contributed by atoms with E-state index in [1.807, 2.05) is 0 Å². The summed E-state index contributed by atoms with van der Waals surface area (Å²) in [6, 6.07) is 2.84. The molecule has 0 aliphatic rings. The second kappa shape index (κ2) is 2.74. The van der Waals surface area contributed by atoms with E-state index in [9.17, 15) is 10.1 Å². The fraction of sp³-hybridized carbons (Fsp3) is 0.200. The van der Waals surface area contributed by atoms with Gasteiger partial charge in [-0.1, -0.05) is 0 Å². The van der Waals surface area contributed by atoms with Gasteiger partial charge < -0.3 is 4.42 Å². The third kappa shape index (κ3) is 1.30. The van der Waals surface area contributed by atoms with Crippen molar-refractivity contribution in [2.45, 2.75) is 5.75 Å². The molecule has 1 aromatic rings. The van der Waals surface area contributed by atoms with Gasteiger partial charge in [-0.2, -0.15) is 12.6 Å². The molecule has 0 saturated heterocycles. The lowest BCUT2D eigenvalue weighted by atomic mass is 10.5. The Labute approximate surface area is 62.4 Å². The third-order valence-corrected chi connectivity index (χ3v) is 1.29. The average molecular weight is 159 g/mol. The maximum absolute atomic E-state index is 10.0. The lowest BCUT2D eigenvalue weighted by molar-refractivity contribution is -0.402. The maximum atomic E-state index is 10.0. The fourth-order valence-electron chi connectivity index (χ4n) is 0.550. The van der Waals surface area contributed by atoms with Crippen LogP contribution >= 0.6 is 12.6 Å². The predicted octanol–water partition coefficient (Wildman–Crippen LogP) is 1.62. The first-order valence-corrected chi connectivity index (χ1v) is 3.21. The number of hydrogen-bond donors (Lipinski definition) is 1. The number of hydrogen-bond acceptors (Lipinski definition) is 4. The molecule has 54 valence electrons. The summed E-state index contributed by atoms with van der Waals surface area (Å²) in [6.45, 7) is 0. The van der Waals surface area contributed by atoms with Crippen molar-refractivity contribution < 1.29 is 9.34 Å². The topological polar surface area (TPSA) is 56.3 Å². The number of furan rings is 1. The first kappa shape index (κ1) is 7.14. The standard InChI is InChI=1S/C5H5NO3S/c7-6(8)5-2-1-4(3-10)9-5/h1-2,10H,3H2. The van der Waals surface area contributed by atoms with Crippen molar-refractivity contribution >= 4 is 18.5 Å². The Balaban J connectivity index is 2.88. The zero-order chi connectivity index (χ0) is 7.56. The maximum Gasteiger partial charge on any atom is 0.433 e. The van der Waals surface area contributed by atoms with Crippen molar-refractivity contribution in [3.63, 3.8) is 0 Å². The summed E-state index contributed by atoms with van der Waals surface area (Å²) >= 11 is 3.88. The molecule has 0 radical (unpaired) electrons. The van der Waals surface area contributed by atoms with Crippen LogP contribution in [0.15, 0.2) is 16.5 Å². The summed E-state index contributed by atoms with van der Waals surface area (Å²) in [5, 5.41) is 10.0. The molecule has 4 nitrogen and oxygen atoms in total. The van der Waals surface area contributed by atoms with Crippen LogP contribution in [0.4, 0.5) is 5.88 Å². The van der Waals surface area contributed by atoms with E-state index in [2.05, 4.69) is 12.6 Å². The molecule has 0 bridgehead atoms. The van der Waals surface area contributed by atoms with Gasteiger partial charge in [-0.15, -0.1) is 0 Å². The van der Waals surface area contributed by atoms with E-state index in [4.69, 9.17) is 4.42 Å². The molecule has 0 amide bonds. The highest BCUT2D eigenvalue weighted by Gasteiger charge is 2.09. The van der Waals surface area contributed by atoms with Crippen LogP contribution in [0.25, 0.3) is 0 Å². The van der Waals surface area contributed by atoms with Gasteiger partial charge >= 0.3 is 5.88 Å². The van der Waals surface area contributed by atoms with Gasteiger partial charge in [-0.25, -0.2) is 0 Å². The molecule has 0 aliphatic carbocycles. The van der Waals surface area contributed by atoms with Gasteiger partial charge in [-0.3, -0.25) is 10.1 Å². The van der Waals surface area contributed by atoms with Crippen LogP contribution in [0.3, 0.4) is 0 Å². The zero-order valence-electron chi connectivity index (χ0n) is 4.98. The SMILES string of the molecule is O=[N+]([O-])c1ccc(CS)o1. The summed E-state index contributed by atoms with van der Waals surface area (Å²) in [7, 11) is 0. The molecular formula is C5H5NO3S. The Hall–Kier alpha value is -0.970. The van der Waals surface area contributed by atoms with Gasteiger partial charge in [-0.05, 0) is 6.07 Å². The second-order valence-electron chi connectivity index (χ2n) is 1.66. The van der Waals surface area contributed by atoms with Crippen molar-refractivity contribution in [2.24, 2.45) is 0 Å². The van der Waals surface area contributed by atoms with E-state index < -0.39 is 4.92 Å². The van der Waals surface area contributed by atoms with Crippen molar-refractivity contribution in [1.82, 2.24) is 0 Å². The van der Waals surface area contributed by atoms with Gasteiger partial charge in [0.15, 0.2) is 0 Å². The molecule has 0 aromatic carbocycles. The van der Waals surface area contributed by atoms with Gasteiger partial charge in [0.1, 0.15) is 10.7 Å². The number of thiol groups is 1. The van der Waals surface area contributed by atoms with Crippen molar-refractivity contribution in [1.29, 1.82) is 0 Å². The minimum Gasteiger partial charge on any atom is -0.405 e. The Kier molecular flexibility index (Phi) is 1.96. The zero-order valence-corrected chi connectivity index (χ0v) is 5.88. The van der Waals surface area contributed by atoms with Crippen molar-refractivity contribution in [3.05, 3.63) is 28.0 Å². The average Bonchev–Trinajstić information content (AvgIpc) is 2.34. The monoisotopic (exact) mass is 159 g/mol. The summed E-state index contributed by atoms with van der Waals surface area (Å²) < 4.78 is 4.72. The Bertz CT molecular complexity index is 245. The first-order valence-electron chi connectivity index (χ1n) is 2.58. The Morgan fingerprint density at radius 2 is 2.40 bits per heavy atom. The summed E-state index contributed by atoms with van der Waals surface area (Å²) in [5.74, 6) is 0.660. The van der Waals surface area contributed by atoms with Gasteiger partial charge in [0, 0.05) is 5.75 Å². The lowest BCUT2D eigenvalue weighted by Gasteiger charge is -1.82. The molecule has 0 spiro atoms. The molecule has 0 N–H and O–H groups in total. The highest BCUT2D eigenvalue weighted by Crippen LogP contribution is 2.16. The van der Waals surface area contributed by atoms with E-state index in [-0.39, 0.29) is 5.88 Å². The quantitative estimate of drug-likeness (QED) is 0.405. The van der Waals surface area contributed by atoms with Crippen LogP contribution in [0.1, 0.15) is 5.76 Å². The summed E-state index contributed by atoms with van der Waals surface area (Å²) in [5.41, 5.74) is 0. The second-order valence-corrected chi connectivity index (χ2v) is 1.97. The molecule has 0 aliphatic heterocycles. The van der Waals surface area contributed by atoms with Gasteiger partial charge in [0.25, 0.3) is 0 Å². The van der Waals surface area contributed by atoms with Crippen molar-refractivity contribution in [3.8, 4) is 0 Å². The van der Waals surface area contributed by atoms with E-state index in [0.717, 1.165) is 0 Å². The van der Waals surface area contributed by atoms with Crippen LogP contribution in [-0.4, -0.2) is 4.92 Å². The van der Waals surface area contributed by atoms with E-state index >= 15 is 0 Å². The number of nitrogens with zero attached hydrogens (tertiary/aromatic N) is 1. The van der Waals surface area contributed by atoms with Crippen LogP contribution in [-0.2, 0) is 5.75 Å². The van der Waals surface area contributed by atoms with Crippen molar-refractivity contribution in [2.75, 3.05) is 0 Å². The molecule has 1 aromatic heterocycles. The van der Waals surface area contributed by atoms with Crippen LogP contribution in [0, 0.1) is 10.1 Å². The molecular weight excluding hydrogens is 154 g/mol.